The number of hydrogen-bond acceptors (Lipinski definition) is 9. The zero-order valence-electron chi connectivity index (χ0n) is 28.6. The Morgan fingerprint density at radius 2 is 1.51 bits per heavy atom. The van der Waals surface area contributed by atoms with Gasteiger partial charge < -0.3 is 19.1 Å². The summed E-state index contributed by atoms with van der Waals surface area (Å²) in [6.07, 6.45) is 6.71. The van der Waals surface area contributed by atoms with Crippen LogP contribution in [0.25, 0.3) is 0 Å². The highest BCUT2D eigenvalue weighted by molar-refractivity contribution is 5.75. The number of likely N-dealkylation sites (N-methyl/N-ethyl adjacent to an activating group) is 1. The Morgan fingerprint density at radius 3 is 2.16 bits per heavy atom. The monoisotopic (exact) mass is 631 g/mol. The SMILES string of the molecule is CC(=O)O[C@@H]1CC[C@@]2(C)[C@@H](C1)C[C@@H](OC(C)=O)[C@@H]1[C@@H]2C[C@H](OC(C)=O)[C@]2(C)[C@@H]([C@H](C)CCC(=O)NN3CCN(C)CC3)CC[C@@H]12. The Hall–Kier alpha value is -2.20. The largest absolute Gasteiger partial charge is 0.463 e. The van der Waals surface area contributed by atoms with Crippen molar-refractivity contribution in [3.05, 3.63) is 0 Å². The topological polar surface area (TPSA) is 114 Å². The number of nitrogens with one attached hydrogen (secondary N) is 1. The Kier molecular flexibility index (Phi) is 10.2. The summed E-state index contributed by atoms with van der Waals surface area (Å²) in [5.74, 6) is 0.748. The molecule has 1 amide bonds. The van der Waals surface area contributed by atoms with E-state index in [1.807, 2.05) is 5.01 Å². The highest BCUT2D eigenvalue weighted by Crippen LogP contribution is 2.69. The van der Waals surface area contributed by atoms with Crippen LogP contribution >= 0.6 is 0 Å². The van der Waals surface area contributed by atoms with Crippen LogP contribution in [0, 0.1) is 46.3 Å². The highest BCUT2D eigenvalue weighted by atomic mass is 16.6. The fraction of sp³-hybridized carbons (Fsp3) is 0.886. The molecule has 11 atom stereocenters. The fourth-order valence-corrected chi connectivity index (χ4v) is 10.8. The maximum absolute atomic E-state index is 13.0. The van der Waals surface area contributed by atoms with E-state index in [0.717, 1.165) is 77.5 Å². The molecular formula is C35H57N3O7. The molecule has 0 aromatic heterocycles. The quantitative estimate of drug-likeness (QED) is 0.308. The van der Waals surface area contributed by atoms with Crippen LogP contribution in [0.15, 0.2) is 0 Å². The van der Waals surface area contributed by atoms with Gasteiger partial charge in [-0.2, -0.15) is 0 Å². The van der Waals surface area contributed by atoms with Gasteiger partial charge in [0.25, 0.3) is 0 Å². The first-order valence-corrected chi connectivity index (χ1v) is 17.5. The molecular weight excluding hydrogens is 574 g/mol. The second kappa shape index (κ2) is 13.5. The summed E-state index contributed by atoms with van der Waals surface area (Å²) < 4.78 is 18.1. The van der Waals surface area contributed by atoms with E-state index in [9.17, 15) is 19.2 Å². The van der Waals surface area contributed by atoms with Crippen LogP contribution in [0.3, 0.4) is 0 Å². The lowest BCUT2D eigenvalue weighted by Gasteiger charge is -2.64. The number of hydrogen-bond donors (Lipinski definition) is 1. The van der Waals surface area contributed by atoms with E-state index in [4.69, 9.17) is 14.2 Å². The third kappa shape index (κ3) is 6.92. The first-order valence-electron chi connectivity index (χ1n) is 17.5. The summed E-state index contributed by atoms with van der Waals surface area (Å²) in [7, 11) is 2.10. The molecule has 1 N–H and O–H groups in total. The van der Waals surface area contributed by atoms with Crippen molar-refractivity contribution in [3.8, 4) is 0 Å². The smallest absolute Gasteiger partial charge is 0.302 e. The normalized spacial score (nSPS) is 40.7. The zero-order valence-corrected chi connectivity index (χ0v) is 28.6. The number of nitrogens with zero attached hydrogens (tertiary/aromatic N) is 2. The molecule has 1 saturated heterocycles. The molecule has 0 bridgehead atoms. The zero-order chi connectivity index (χ0) is 32.7. The van der Waals surface area contributed by atoms with Crippen molar-refractivity contribution in [1.82, 2.24) is 15.3 Å². The van der Waals surface area contributed by atoms with Gasteiger partial charge in [0.2, 0.25) is 5.91 Å². The molecule has 5 rings (SSSR count). The number of fused-ring (bicyclic) bond motifs is 5. The molecule has 0 aromatic rings. The van der Waals surface area contributed by atoms with Gasteiger partial charge in [-0.1, -0.05) is 20.8 Å². The molecule has 1 heterocycles. The third-order valence-corrected chi connectivity index (χ3v) is 13.0. The average molecular weight is 632 g/mol. The molecule has 10 nitrogen and oxygen atoms in total. The Labute approximate surface area is 269 Å². The number of ether oxygens (including phenoxy) is 3. The van der Waals surface area contributed by atoms with Gasteiger partial charge >= 0.3 is 17.9 Å². The number of amides is 1. The van der Waals surface area contributed by atoms with Crippen molar-refractivity contribution in [2.75, 3.05) is 33.2 Å². The van der Waals surface area contributed by atoms with Gasteiger partial charge in [-0.25, -0.2) is 5.01 Å². The molecule has 4 aliphatic carbocycles. The van der Waals surface area contributed by atoms with Crippen molar-refractivity contribution >= 4 is 23.8 Å². The number of carbonyl (C=O) groups is 4. The van der Waals surface area contributed by atoms with E-state index in [1.54, 1.807) is 0 Å². The summed E-state index contributed by atoms with van der Waals surface area (Å²) >= 11 is 0. The lowest BCUT2D eigenvalue weighted by Crippen LogP contribution is -2.63. The molecule has 5 aliphatic rings. The molecule has 0 unspecified atom stereocenters. The standard InChI is InChI=1S/C35H57N3O7/c1-21(8-11-32(42)36-38-16-14-37(7)15-17-38)27-9-10-28-33-29(20-31(35(27,28)6)45-24(4)41)34(5)13-12-26(43-22(2)39)18-25(34)19-30(33)44-23(3)40/h21,25-31,33H,8-20H2,1-7H3,(H,36,42)/t21-,25+,26-,27-,28+,29+,30-,31+,33+,34+,35-/m1/s1. The van der Waals surface area contributed by atoms with Gasteiger partial charge in [-0.05, 0) is 93.4 Å². The molecule has 5 fully saturated rings. The first kappa shape index (κ1) is 34.1. The third-order valence-electron chi connectivity index (χ3n) is 13.0. The van der Waals surface area contributed by atoms with Crippen LogP contribution in [0.5, 0.6) is 0 Å². The lowest BCUT2D eigenvalue weighted by molar-refractivity contribution is -0.224. The van der Waals surface area contributed by atoms with Crippen LogP contribution in [0.2, 0.25) is 0 Å². The lowest BCUT2D eigenvalue weighted by atomic mass is 9.43. The van der Waals surface area contributed by atoms with Crippen molar-refractivity contribution in [1.29, 1.82) is 0 Å². The van der Waals surface area contributed by atoms with Gasteiger partial charge in [0.05, 0.1) is 0 Å². The summed E-state index contributed by atoms with van der Waals surface area (Å²) in [6.45, 7) is 15.0. The number of hydrazine groups is 1. The van der Waals surface area contributed by atoms with Gasteiger partial charge in [0, 0.05) is 64.7 Å². The van der Waals surface area contributed by atoms with Gasteiger partial charge in [0.15, 0.2) is 0 Å². The molecule has 1 aliphatic heterocycles. The molecule has 0 radical (unpaired) electrons. The van der Waals surface area contributed by atoms with E-state index in [1.165, 1.54) is 20.8 Å². The first-order chi connectivity index (χ1) is 21.2. The number of piperazine rings is 1. The molecule has 45 heavy (non-hydrogen) atoms. The molecule has 10 heteroatoms. The fourth-order valence-electron chi connectivity index (χ4n) is 10.8. The van der Waals surface area contributed by atoms with Crippen LogP contribution in [-0.2, 0) is 33.4 Å². The Bertz CT molecular complexity index is 1120. The number of rotatable bonds is 8. The van der Waals surface area contributed by atoms with Crippen molar-refractivity contribution < 1.29 is 33.4 Å². The van der Waals surface area contributed by atoms with Crippen LogP contribution in [0.4, 0.5) is 0 Å². The van der Waals surface area contributed by atoms with Gasteiger partial charge in [-0.3, -0.25) is 24.6 Å². The second-order valence-electron chi connectivity index (χ2n) is 15.6. The van der Waals surface area contributed by atoms with Crippen molar-refractivity contribution in [2.45, 2.75) is 118 Å². The van der Waals surface area contributed by atoms with Crippen molar-refractivity contribution in [2.24, 2.45) is 46.3 Å². The van der Waals surface area contributed by atoms with E-state index in [0.29, 0.717) is 6.42 Å². The predicted molar refractivity (Wildman–Crippen MR) is 168 cm³/mol. The average Bonchev–Trinajstić information content (AvgIpc) is 3.31. The van der Waals surface area contributed by atoms with Crippen LogP contribution in [-0.4, -0.2) is 85.3 Å². The minimum Gasteiger partial charge on any atom is -0.463 e. The predicted octanol–water partition coefficient (Wildman–Crippen LogP) is 4.36. The Balaban J connectivity index is 1.37. The minimum atomic E-state index is -0.281. The van der Waals surface area contributed by atoms with E-state index in [-0.39, 0.29) is 88.5 Å². The van der Waals surface area contributed by atoms with Gasteiger partial charge in [0.1, 0.15) is 18.3 Å². The van der Waals surface area contributed by atoms with E-state index >= 15 is 0 Å². The van der Waals surface area contributed by atoms with E-state index in [2.05, 4.69) is 38.1 Å². The highest BCUT2D eigenvalue weighted by Gasteiger charge is 2.67. The molecule has 0 aromatic carbocycles. The maximum atomic E-state index is 13.0. The summed E-state index contributed by atoms with van der Waals surface area (Å²) in [4.78, 5) is 52.1. The van der Waals surface area contributed by atoms with E-state index < -0.39 is 0 Å². The maximum Gasteiger partial charge on any atom is 0.302 e. The summed E-state index contributed by atoms with van der Waals surface area (Å²) in [5, 5.41) is 2.03. The molecule has 254 valence electrons. The number of carbonyl (C=O) groups excluding carboxylic acids is 4. The minimum absolute atomic E-state index is 0.0251. The Morgan fingerprint density at radius 1 is 0.844 bits per heavy atom. The number of esters is 3. The summed E-state index contributed by atoms with van der Waals surface area (Å²) in [6, 6.07) is 0. The van der Waals surface area contributed by atoms with Gasteiger partial charge in [-0.15, -0.1) is 0 Å². The second-order valence-corrected chi connectivity index (χ2v) is 15.6. The molecule has 0 spiro atoms. The van der Waals surface area contributed by atoms with Crippen LogP contribution in [0.1, 0.15) is 99.3 Å². The summed E-state index contributed by atoms with van der Waals surface area (Å²) in [5.41, 5.74) is 2.81. The van der Waals surface area contributed by atoms with Crippen molar-refractivity contribution in [3.63, 3.8) is 0 Å². The van der Waals surface area contributed by atoms with Crippen LogP contribution < -0.4 is 5.43 Å². The molecule has 4 saturated carbocycles.